The van der Waals surface area contributed by atoms with E-state index in [1.165, 1.54) is 18.9 Å². The Morgan fingerprint density at radius 3 is 2.33 bits per heavy atom. The molecule has 14 nitrogen and oxygen atoms in total. The van der Waals surface area contributed by atoms with Gasteiger partial charge in [0.1, 0.15) is 13.2 Å². The molecule has 1 aliphatic heterocycles. The van der Waals surface area contributed by atoms with Gasteiger partial charge in [-0.2, -0.15) is 23.1 Å². The number of hydrogen-bond acceptors (Lipinski definition) is 13. The van der Waals surface area contributed by atoms with Crippen LogP contribution in [0.15, 0.2) is 71.9 Å². The van der Waals surface area contributed by atoms with E-state index in [0.717, 1.165) is 10.5 Å². The Morgan fingerprint density at radius 2 is 1.62 bits per heavy atom. The molecule has 4 aromatic rings. The van der Waals surface area contributed by atoms with E-state index in [2.05, 4.69) is 29.4 Å². The van der Waals surface area contributed by atoms with E-state index in [9.17, 15) is 8.42 Å². The number of anilines is 2. The van der Waals surface area contributed by atoms with Crippen LogP contribution in [0.5, 0.6) is 29.1 Å². The number of para-hydroxylation sites is 2. The number of hydrogen-bond donors (Lipinski definition) is 2. The third-order valence-electron chi connectivity index (χ3n) is 6.33. The van der Waals surface area contributed by atoms with Gasteiger partial charge in [0.2, 0.25) is 11.7 Å². The number of methoxy groups -OCH3 is 1. The molecule has 0 amide bonds. The van der Waals surface area contributed by atoms with Crippen molar-refractivity contribution in [3.8, 4) is 29.1 Å². The first-order valence-electron chi connectivity index (χ1n) is 13.9. The molecule has 45 heavy (non-hydrogen) atoms. The summed E-state index contributed by atoms with van der Waals surface area (Å²) in [6.07, 6.45) is 5.25. The summed E-state index contributed by atoms with van der Waals surface area (Å²) in [5.74, 6) is 0.723. The van der Waals surface area contributed by atoms with Crippen molar-refractivity contribution in [1.82, 2.24) is 24.7 Å². The van der Waals surface area contributed by atoms with Crippen LogP contribution in [0.25, 0.3) is 0 Å². The van der Waals surface area contributed by atoms with E-state index in [-0.39, 0.29) is 49.2 Å². The highest BCUT2D eigenvalue weighted by Gasteiger charge is 2.26. The van der Waals surface area contributed by atoms with Crippen molar-refractivity contribution in [1.29, 1.82) is 0 Å². The second-order valence-corrected chi connectivity index (χ2v) is 11.8. The fourth-order valence-corrected chi connectivity index (χ4v) is 5.23. The minimum absolute atomic E-state index is 0.00787. The van der Waals surface area contributed by atoms with Gasteiger partial charge >= 0.3 is 16.2 Å². The lowest BCUT2D eigenvalue weighted by molar-refractivity contribution is 0.122. The van der Waals surface area contributed by atoms with Crippen LogP contribution in [0.2, 0.25) is 0 Å². The fourth-order valence-electron chi connectivity index (χ4n) is 4.09. The Morgan fingerprint density at radius 1 is 0.933 bits per heavy atom. The van der Waals surface area contributed by atoms with E-state index >= 15 is 0 Å². The average Bonchev–Trinajstić information content (AvgIpc) is 3.08. The largest absolute Gasteiger partial charge is 0.493 e. The molecular formula is C29H33N7O7S2. The monoisotopic (exact) mass is 655 g/mol. The summed E-state index contributed by atoms with van der Waals surface area (Å²) in [4.78, 5) is 20.3. The van der Waals surface area contributed by atoms with Gasteiger partial charge in [-0.3, -0.25) is 4.72 Å². The summed E-state index contributed by atoms with van der Waals surface area (Å²) >= 11 is 1.52. The van der Waals surface area contributed by atoms with Crippen molar-refractivity contribution in [2.45, 2.75) is 11.4 Å². The minimum atomic E-state index is -4.14. The van der Waals surface area contributed by atoms with Crippen LogP contribution in [-0.2, 0) is 21.5 Å². The second kappa shape index (κ2) is 15.6. The molecule has 1 fully saturated rings. The standard InChI is InChI=1S/C29H33N7O7S2/c1-39-23-10-6-7-11-24(23)43-25-26(35-45(37,38)32-18-21-8-4-3-5-9-21)33-28(36-12-14-40-15-13-36)34-27(25)41-16-17-42-29-30-19-22(44-2)20-31-29/h3-11,19-20,32H,12-18H2,1-2H3,(H,33,34,35). The molecule has 0 bridgehead atoms. The Kier molecular flexibility index (Phi) is 11.1. The van der Waals surface area contributed by atoms with Gasteiger partial charge in [-0.05, 0) is 24.0 Å². The van der Waals surface area contributed by atoms with Gasteiger partial charge in [-0.1, -0.05) is 42.5 Å². The maximum atomic E-state index is 13.3. The molecule has 0 aliphatic carbocycles. The van der Waals surface area contributed by atoms with Crippen LogP contribution in [0.1, 0.15) is 5.56 Å². The Balaban J connectivity index is 1.45. The molecule has 3 heterocycles. The molecule has 0 radical (unpaired) electrons. The second-order valence-electron chi connectivity index (χ2n) is 9.37. The Bertz CT molecular complexity index is 1640. The molecule has 0 atom stereocenters. The molecule has 2 N–H and O–H groups in total. The number of benzene rings is 2. The summed E-state index contributed by atoms with van der Waals surface area (Å²) in [5, 5.41) is 0. The van der Waals surface area contributed by atoms with Gasteiger partial charge < -0.3 is 28.6 Å². The molecule has 0 saturated carbocycles. The third kappa shape index (κ3) is 9.07. The highest BCUT2D eigenvalue weighted by Crippen LogP contribution is 2.41. The van der Waals surface area contributed by atoms with E-state index in [1.54, 1.807) is 36.7 Å². The minimum Gasteiger partial charge on any atom is -0.493 e. The van der Waals surface area contributed by atoms with E-state index in [4.69, 9.17) is 23.7 Å². The number of thioether (sulfide) groups is 1. The zero-order chi connectivity index (χ0) is 31.5. The Hall–Kier alpha value is -4.38. The topological polar surface area (TPSA) is 159 Å². The van der Waals surface area contributed by atoms with E-state index in [1.807, 2.05) is 41.5 Å². The molecule has 16 heteroatoms. The lowest BCUT2D eigenvalue weighted by atomic mass is 10.2. The van der Waals surface area contributed by atoms with Crippen molar-refractivity contribution >= 4 is 33.7 Å². The average molecular weight is 656 g/mol. The number of morpholine rings is 1. The lowest BCUT2D eigenvalue weighted by Crippen LogP contribution is -2.37. The quantitative estimate of drug-likeness (QED) is 0.142. The molecule has 2 aromatic carbocycles. The first-order chi connectivity index (χ1) is 21.9. The normalized spacial score (nSPS) is 13.2. The molecule has 2 aromatic heterocycles. The van der Waals surface area contributed by atoms with Crippen molar-refractivity contribution in [2.24, 2.45) is 0 Å². The molecule has 5 rings (SSSR count). The molecule has 0 unspecified atom stereocenters. The maximum Gasteiger partial charge on any atom is 0.316 e. The molecular weight excluding hydrogens is 622 g/mol. The number of rotatable bonds is 15. The fraction of sp³-hybridized carbons (Fsp3) is 0.310. The number of nitrogens with zero attached hydrogens (tertiary/aromatic N) is 5. The van der Waals surface area contributed by atoms with Crippen molar-refractivity contribution in [3.05, 3.63) is 72.6 Å². The summed E-state index contributed by atoms with van der Waals surface area (Å²) in [6.45, 7) is 2.05. The lowest BCUT2D eigenvalue weighted by Gasteiger charge is -2.28. The van der Waals surface area contributed by atoms with Gasteiger partial charge in [-0.25, -0.2) is 9.97 Å². The number of nitrogens with one attached hydrogen (secondary N) is 2. The van der Waals surface area contributed by atoms with Crippen molar-refractivity contribution in [3.63, 3.8) is 0 Å². The first kappa shape index (κ1) is 32.0. The van der Waals surface area contributed by atoms with Gasteiger partial charge in [0.15, 0.2) is 17.3 Å². The molecule has 238 valence electrons. The predicted molar refractivity (Wildman–Crippen MR) is 169 cm³/mol. The van der Waals surface area contributed by atoms with Gasteiger partial charge in [0, 0.05) is 36.9 Å². The number of ether oxygens (including phenoxy) is 5. The number of aromatic nitrogens is 4. The highest BCUT2D eigenvalue weighted by molar-refractivity contribution is 7.98. The van der Waals surface area contributed by atoms with Crippen molar-refractivity contribution in [2.75, 3.05) is 62.5 Å². The van der Waals surface area contributed by atoms with E-state index < -0.39 is 10.2 Å². The van der Waals surface area contributed by atoms with Gasteiger partial charge in [0.05, 0.1) is 20.3 Å². The van der Waals surface area contributed by atoms with Crippen LogP contribution in [0.4, 0.5) is 11.8 Å². The van der Waals surface area contributed by atoms with E-state index in [0.29, 0.717) is 37.8 Å². The molecule has 1 aliphatic rings. The predicted octanol–water partition coefficient (Wildman–Crippen LogP) is 3.53. The third-order valence-corrected chi connectivity index (χ3v) is 8.00. The molecule has 1 saturated heterocycles. The summed E-state index contributed by atoms with van der Waals surface area (Å²) in [5.41, 5.74) is 0.779. The zero-order valence-electron chi connectivity index (χ0n) is 24.7. The molecule has 0 spiro atoms. The summed E-state index contributed by atoms with van der Waals surface area (Å²) in [6, 6.07) is 16.2. The zero-order valence-corrected chi connectivity index (χ0v) is 26.3. The van der Waals surface area contributed by atoms with Gasteiger partial charge in [0.25, 0.3) is 5.88 Å². The van der Waals surface area contributed by atoms with Crippen LogP contribution in [0.3, 0.4) is 0 Å². The summed E-state index contributed by atoms with van der Waals surface area (Å²) < 4.78 is 60.5. The van der Waals surface area contributed by atoms with Crippen LogP contribution < -0.4 is 33.3 Å². The smallest absolute Gasteiger partial charge is 0.316 e. The van der Waals surface area contributed by atoms with Gasteiger partial charge in [-0.15, -0.1) is 11.8 Å². The maximum absolute atomic E-state index is 13.3. The van der Waals surface area contributed by atoms with Crippen LogP contribution in [-0.4, -0.2) is 81.2 Å². The summed E-state index contributed by atoms with van der Waals surface area (Å²) in [7, 11) is -2.64. The van der Waals surface area contributed by atoms with Crippen LogP contribution >= 0.6 is 11.8 Å². The van der Waals surface area contributed by atoms with Crippen molar-refractivity contribution < 1.29 is 32.1 Å². The highest BCUT2D eigenvalue weighted by atomic mass is 32.2. The Labute approximate surface area is 265 Å². The first-order valence-corrected chi connectivity index (χ1v) is 16.6. The van der Waals surface area contributed by atoms with Crippen LogP contribution in [0, 0.1) is 0 Å². The SMILES string of the molecule is COc1ccccc1Oc1c(NS(=O)(=O)NCc2ccccc2)nc(N2CCOCC2)nc1OCCOc1ncc(SC)cn1.